The van der Waals surface area contributed by atoms with Gasteiger partial charge in [-0.05, 0) is 48.0 Å². The molecule has 0 aliphatic heterocycles. The fraction of sp³-hybridized carbons (Fsp3) is 0.160. The quantitative estimate of drug-likeness (QED) is 0.406. The first kappa shape index (κ1) is 23.3. The van der Waals surface area contributed by atoms with Crippen LogP contribution >= 0.6 is 0 Å². The molecule has 0 spiro atoms. The Labute approximate surface area is 192 Å². The average molecular weight is 447 g/mol. The van der Waals surface area contributed by atoms with Crippen molar-refractivity contribution in [3.8, 4) is 11.5 Å². The Morgan fingerprint density at radius 2 is 1.58 bits per heavy atom. The van der Waals surface area contributed by atoms with Gasteiger partial charge in [-0.15, -0.1) is 0 Å². The van der Waals surface area contributed by atoms with Gasteiger partial charge in [-0.1, -0.05) is 24.3 Å². The van der Waals surface area contributed by atoms with E-state index in [9.17, 15) is 9.59 Å². The summed E-state index contributed by atoms with van der Waals surface area (Å²) in [5, 5.41) is 6.80. The van der Waals surface area contributed by atoms with Crippen LogP contribution in [0.2, 0.25) is 0 Å². The van der Waals surface area contributed by atoms with Gasteiger partial charge in [0.05, 0.1) is 31.7 Å². The number of ether oxygens (including phenoxy) is 2. The fourth-order valence-corrected chi connectivity index (χ4v) is 3.05. The Kier molecular flexibility index (Phi) is 7.64. The molecule has 2 amide bonds. The van der Waals surface area contributed by atoms with Gasteiger partial charge in [-0.2, -0.15) is 5.10 Å². The number of amides is 2. The van der Waals surface area contributed by atoms with E-state index in [0.29, 0.717) is 22.7 Å². The Morgan fingerprint density at radius 3 is 2.24 bits per heavy atom. The highest BCUT2D eigenvalue weighted by Crippen LogP contribution is 2.28. The number of benzene rings is 3. The van der Waals surface area contributed by atoms with Crippen LogP contribution < -0.4 is 25.1 Å². The lowest BCUT2D eigenvalue weighted by atomic mass is 10.1. The number of anilines is 2. The Balaban J connectivity index is 1.70. The molecule has 3 aromatic carbocycles. The highest BCUT2D eigenvalue weighted by atomic mass is 16.5. The molecule has 3 aromatic rings. The minimum Gasteiger partial charge on any atom is -0.493 e. The zero-order chi connectivity index (χ0) is 23.8. The van der Waals surface area contributed by atoms with Crippen LogP contribution in [0.5, 0.6) is 11.5 Å². The molecule has 0 bridgehead atoms. The summed E-state index contributed by atoms with van der Waals surface area (Å²) in [5.74, 6) is 0.118. The molecule has 0 aliphatic rings. The number of nitrogens with one attached hydrogen (secondary N) is 2. The average Bonchev–Trinajstić information content (AvgIpc) is 2.84. The summed E-state index contributed by atoms with van der Waals surface area (Å²) < 4.78 is 10.5. The molecule has 8 nitrogen and oxygen atoms in total. The molecule has 0 atom stereocenters. The van der Waals surface area contributed by atoms with Crippen LogP contribution in [-0.2, 0) is 0 Å². The molecule has 0 radical (unpaired) electrons. The number of hydrogen-bond donors (Lipinski definition) is 2. The van der Waals surface area contributed by atoms with E-state index in [-0.39, 0.29) is 11.5 Å². The van der Waals surface area contributed by atoms with Crippen LogP contribution in [0.25, 0.3) is 0 Å². The molecule has 0 saturated carbocycles. The van der Waals surface area contributed by atoms with Crippen molar-refractivity contribution in [2.24, 2.45) is 5.10 Å². The molecule has 2 N–H and O–H groups in total. The number of hydrogen-bond acceptors (Lipinski definition) is 6. The lowest BCUT2D eigenvalue weighted by Crippen LogP contribution is -2.21. The molecule has 0 saturated heterocycles. The van der Waals surface area contributed by atoms with Gasteiger partial charge in [-0.25, -0.2) is 5.43 Å². The van der Waals surface area contributed by atoms with Crippen molar-refractivity contribution in [3.63, 3.8) is 0 Å². The Bertz CT molecular complexity index is 1160. The van der Waals surface area contributed by atoms with Gasteiger partial charge >= 0.3 is 0 Å². The van der Waals surface area contributed by atoms with Gasteiger partial charge in [0, 0.05) is 25.3 Å². The summed E-state index contributed by atoms with van der Waals surface area (Å²) in [4.78, 5) is 27.4. The van der Waals surface area contributed by atoms with Crippen molar-refractivity contribution in [2.75, 3.05) is 38.5 Å². The molecule has 0 fully saturated rings. The third kappa shape index (κ3) is 5.88. The molecule has 0 unspecified atom stereocenters. The Hall–Kier alpha value is -4.33. The first-order valence-electron chi connectivity index (χ1n) is 10.2. The minimum absolute atomic E-state index is 0.284. The van der Waals surface area contributed by atoms with Gasteiger partial charge in [0.1, 0.15) is 0 Å². The Morgan fingerprint density at radius 1 is 0.879 bits per heavy atom. The maximum absolute atomic E-state index is 12.8. The van der Waals surface area contributed by atoms with E-state index in [2.05, 4.69) is 15.8 Å². The number of nitrogens with zero attached hydrogens (tertiary/aromatic N) is 2. The smallest absolute Gasteiger partial charge is 0.273 e. The molecule has 0 aliphatic carbocycles. The predicted molar refractivity (Wildman–Crippen MR) is 130 cm³/mol. The van der Waals surface area contributed by atoms with Crippen LogP contribution in [0, 0.1) is 0 Å². The maximum Gasteiger partial charge on any atom is 0.273 e. The van der Waals surface area contributed by atoms with Gasteiger partial charge in [0.2, 0.25) is 0 Å². The largest absolute Gasteiger partial charge is 0.493 e. The van der Waals surface area contributed by atoms with Crippen molar-refractivity contribution >= 4 is 29.4 Å². The van der Waals surface area contributed by atoms with Crippen molar-refractivity contribution in [1.82, 2.24) is 5.43 Å². The van der Waals surface area contributed by atoms with Gasteiger partial charge in [-0.3, -0.25) is 9.59 Å². The van der Waals surface area contributed by atoms with E-state index in [1.54, 1.807) is 48.7 Å². The van der Waals surface area contributed by atoms with E-state index in [1.807, 2.05) is 43.3 Å². The summed E-state index contributed by atoms with van der Waals surface area (Å²) in [5.41, 5.74) is 5.42. The number of carbonyl (C=O) groups excluding carboxylic acids is 2. The number of methoxy groups -OCH3 is 2. The SMILES string of the molecule is COc1ccc(C(=O)Nc2ccccc2C(=O)N/N=C/c2ccc(N(C)C)cc2)cc1OC. The normalized spacial score (nSPS) is 10.5. The van der Waals surface area contributed by atoms with Crippen molar-refractivity contribution < 1.29 is 19.1 Å². The summed E-state index contributed by atoms with van der Waals surface area (Å²) in [6.45, 7) is 0. The summed E-state index contributed by atoms with van der Waals surface area (Å²) in [7, 11) is 6.94. The second-order valence-corrected chi connectivity index (χ2v) is 7.25. The van der Waals surface area contributed by atoms with E-state index in [1.165, 1.54) is 14.2 Å². The summed E-state index contributed by atoms with van der Waals surface area (Å²) in [6.07, 6.45) is 1.56. The molecule has 33 heavy (non-hydrogen) atoms. The number of carbonyl (C=O) groups is 2. The van der Waals surface area contributed by atoms with E-state index in [0.717, 1.165) is 11.3 Å². The molecule has 3 rings (SSSR count). The van der Waals surface area contributed by atoms with Crippen molar-refractivity contribution in [3.05, 3.63) is 83.4 Å². The van der Waals surface area contributed by atoms with Gasteiger partial charge < -0.3 is 19.7 Å². The lowest BCUT2D eigenvalue weighted by molar-refractivity contribution is 0.0956. The zero-order valence-electron chi connectivity index (χ0n) is 19.0. The first-order chi connectivity index (χ1) is 15.9. The zero-order valence-corrected chi connectivity index (χ0v) is 19.0. The van der Waals surface area contributed by atoms with Crippen LogP contribution in [0.15, 0.2) is 71.8 Å². The third-order valence-electron chi connectivity index (χ3n) is 4.85. The standard InChI is InChI=1S/C25H26N4O4/c1-29(2)19-12-9-17(10-13-19)16-26-28-25(31)20-7-5-6-8-21(20)27-24(30)18-11-14-22(32-3)23(15-18)33-4/h5-16H,1-4H3,(H,27,30)(H,28,31)/b26-16+. The number of rotatable bonds is 8. The molecular formula is C25H26N4O4. The van der Waals surface area contributed by atoms with Gasteiger partial charge in [0.25, 0.3) is 11.8 Å². The highest BCUT2D eigenvalue weighted by Gasteiger charge is 2.15. The van der Waals surface area contributed by atoms with Crippen LogP contribution in [0.1, 0.15) is 26.3 Å². The van der Waals surface area contributed by atoms with E-state index >= 15 is 0 Å². The third-order valence-corrected chi connectivity index (χ3v) is 4.85. The van der Waals surface area contributed by atoms with Gasteiger partial charge in [0.15, 0.2) is 11.5 Å². The predicted octanol–water partition coefficient (Wildman–Crippen LogP) is 3.79. The topological polar surface area (TPSA) is 92.3 Å². The summed E-state index contributed by atoms with van der Waals surface area (Å²) >= 11 is 0. The van der Waals surface area contributed by atoms with Crippen LogP contribution in [-0.4, -0.2) is 46.3 Å². The molecular weight excluding hydrogens is 420 g/mol. The second kappa shape index (κ2) is 10.8. The second-order valence-electron chi connectivity index (χ2n) is 7.25. The van der Waals surface area contributed by atoms with E-state index in [4.69, 9.17) is 9.47 Å². The molecule has 170 valence electrons. The first-order valence-corrected chi connectivity index (χ1v) is 10.2. The maximum atomic E-state index is 12.8. The molecule has 0 aromatic heterocycles. The van der Waals surface area contributed by atoms with Crippen LogP contribution in [0.3, 0.4) is 0 Å². The summed E-state index contributed by atoms with van der Waals surface area (Å²) in [6, 6.07) is 19.3. The van der Waals surface area contributed by atoms with E-state index < -0.39 is 5.91 Å². The molecule has 8 heteroatoms. The van der Waals surface area contributed by atoms with Crippen molar-refractivity contribution in [2.45, 2.75) is 0 Å². The van der Waals surface area contributed by atoms with Crippen LogP contribution in [0.4, 0.5) is 11.4 Å². The number of para-hydroxylation sites is 1. The fourth-order valence-electron chi connectivity index (χ4n) is 3.05. The number of hydrazone groups is 1. The van der Waals surface area contributed by atoms with Crippen molar-refractivity contribution in [1.29, 1.82) is 0 Å². The highest BCUT2D eigenvalue weighted by molar-refractivity contribution is 6.09. The monoisotopic (exact) mass is 446 g/mol. The minimum atomic E-state index is -0.445. The molecule has 0 heterocycles. The lowest BCUT2D eigenvalue weighted by Gasteiger charge is -2.12.